The van der Waals surface area contributed by atoms with Crippen LogP contribution in [0.15, 0.2) is 41.5 Å². The average Bonchev–Trinajstić information content (AvgIpc) is 2.88. The molecule has 0 radical (unpaired) electrons. The standard InChI is InChI=1S/C14H19N5/c1-3-16-14(15)19(2)10-13-17-9-12(18-13)11-7-5-4-6-8-11/h4-9H,3,10H2,1-2H3,(H2,15,16)(H,17,18). The van der Waals surface area contributed by atoms with Gasteiger partial charge in [-0.3, -0.25) is 4.99 Å². The average molecular weight is 257 g/mol. The Balaban J connectivity index is 2.08. The number of nitrogens with two attached hydrogens (primary N) is 1. The minimum absolute atomic E-state index is 0.528. The monoisotopic (exact) mass is 257 g/mol. The van der Waals surface area contributed by atoms with Crippen LogP contribution in [-0.4, -0.2) is 34.4 Å². The fraction of sp³-hybridized carbons (Fsp3) is 0.286. The van der Waals surface area contributed by atoms with E-state index in [0.717, 1.165) is 17.1 Å². The first-order chi connectivity index (χ1) is 9.20. The Morgan fingerprint density at radius 2 is 2.11 bits per heavy atom. The van der Waals surface area contributed by atoms with E-state index in [1.165, 1.54) is 0 Å². The second kappa shape index (κ2) is 6.04. The Labute approximate surface area is 113 Å². The summed E-state index contributed by atoms with van der Waals surface area (Å²) in [7, 11) is 1.90. The molecule has 100 valence electrons. The van der Waals surface area contributed by atoms with Crippen LogP contribution in [0.25, 0.3) is 11.3 Å². The van der Waals surface area contributed by atoms with Gasteiger partial charge in [-0.1, -0.05) is 30.3 Å². The van der Waals surface area contributed by atoms with Gasteiger partial charge in [0, 0.05) is 13.6 Å². The van der Waals surface area contributed by atoms with Crippen molar-refractivity contribution in [3.05, 3.63) is 42.4 Å². The van der Waals surface area contributed by atoms with E-state index in [4.69, 9.17) is 5.73 Å². The van der Waals surface area contributed by atoms with E-state index >= 15 is 0 Å². The minimum atomic E-state index is 0.528. The lowest BCUT2D eigenvalue weighted by Crippen LogP contribution is -2.33. The third kappa shape index (κ3) is 3.34. The number of hydrogen-bond donors (Lipinski definition) is 2. The Morgan fingerprint density at radius 3 is 2.79 bits per heavy atom. The lowest BCUT2D eigenvalue weighted by molar-refractivity contribution is 0.478. The zero-order chi connectivity index (χ0) is 13.7. The molecule has 0 unspecified atom stereocenters. The van der Waals surface area contributed by atoms with Gasteiger partial charge in [-0.05, 0) is 12.5 Å². The van der Waals surface area contributed by atoms with Crippen LogP contribution in [0.1, 0.15) is 12.7 Å². The Morgan fingerprint density at radius 1 is 1.37 bits per heavy atom. The summed E-state index contributed by atoms with van der Waals surface area (Å²) in [6, 6.07) is 10.1. The number of imidazole rings is 1. The Bertz CT molecular complexity index is 544. The van der Waals surface area contributed by atoms with E-state index < -0.39 is 0 Å². The van der Waals surface area contributed by atoms with Crippen LogP contribution in [0, 0.1) is 0 Å². The van der Waals surface area contributed by atoms with Crippen LogP contribution in [0.2, 0.25) is 0 Å². The predicted molar refractivity (Wildman–Crippen MR) is 77.7 cm³/mol. The highest BCUT2D eigenvalue weighted by Crippen LogP contribution is 2.16. The van der Waals surface area contributed by atoms with Gasteiger partial charge in [-0.2, -0.15) is 0 Å². The van der Waals surface area contributed by atoms with E-state index in [2.05, 4.69) is 15.0 Å². The van der Waals surface area contributed by atoms with Gasteiger partial charge in [0.25, 0.3) is 0 Å². The molecule has 3 N–H and O–H groups in total. The number of aliphatic imine (C=N–C) groups is 1. The van der Waals surface area contributed by atoms with E-state index in [9.17, 15) is 0 Å². The van der Waals surface area contributed by atoms with Crippen LogP contribution in [-0.2, 0) is 6.54 Å². The van der Waals surface area contributed by atoms with Crippen molar-refractivity contribution < 1.29 is 0 Å². The fourth-order valence-corrected chi connectivity index (χ4v) is 1.80. The molecule has 0 aliphatic rings. The summed E-state index contributed by atoms with van der Waals surface area (Å²) in [6.07, 6.45) is 1.84. The molecule has 19 heavy (non-hydrogen) atoms. The van der Waals surface area contributed by atoms with Crippen molar-refractivity contribution in [1.82, 2.24) is 14.9 Å². The molecule has 5 nitrogen and oxygen atoms in total. The zero-order valence-electron chi connectivity index (χ0n) is 11.3. The highest BCUT2D eigenvalue weighted by Gasteiger charge is 2.07. The molecule has 2 rings (SSSR count). The SMILES string of the molecule is CCN=C(N)N(C)Cc1ncc(-c2ccccc2)[nH]1. The summed E-state index contributed by atoms with van der Waals surface area (Å²) in [5.41, 5.74) is 7.96. The van der Waals surface area contributed by atoms with Crippen molar-refractivity contribution in [2.75, 3.05) is 13.6 Å². The molecule has 2 aromatic rings. The lowest BCUT2D eigenvalue weighted by Gasteiger charge is -2.16. The van der Waals surface area contributed by atoms with Gasteiger partial charge in [0.2, 0.25) is 0 Å². The van der Waals surface area contributed by atoms with Crippen LogP contribution in [0.5, 0.6) is 0 Å². The number of aromatic nitrogens is 2. The van der Waals surface area contributed by atoms with Crippen molar-refractivity contribution >= 4 is 5.96 Å². The first-order valence-corrected chi connectivity index (χ1v) is 6.31. The smallest absolute Gasteiger partial charge is 0.191 e. The zero-order valence-corrected chi connectivity index (χ0v) is 11.3. The predicted octanol–water partition coefficient (Wildman–Crippen LogP) is 1.84. The van der Waals surface area contributed by atoms with Gasteiger partial charge in [0.15, 0.2) is 5.96 Å². The maximum atomic E-state index is 5.83. The van der Waals surface area contributed by atoms with Gasteiger partial charge in [-0.25, -0.2) is 4.98 Å². The number of rotatable bonds is 4. The Kier molecular flexibility index (Phi) is 4.18. The summed E-state index contributed by atoms with van der Waals surface area (Å²) in [4.78, 5) is 13.7. The number of nitrogens with one attached hydrogen (secondary N) is 1. The summed E-state index contributed by atoms with van der Waals surface area (Å²) in [6.45, 7) is 3.26. The Hall–Kier alpha value is -2.30. The molecule has 5 heteroatoms. The molecule has 0 aliphatic heterocycles. The second-order valence-corrected chi connectivity index (χ2v) is 4.30. The maximum absolute atomic E-state index is 5.83. The van der Waals surface area contributed by atoms with Gasteiger partial charge in [-0.15, -0.1) is 0 Å². The van der Waals surface area contributed by atoms with Crippen LogP contribution in [0.4, 0.5) is 0 Å². The molecule has 0 amide bonds. The molecule has 0 fully saturated rings. The van der Waals surface area contributed by atoms with E-state index in [1.54, 1.807) is 0 Å². The third-order valence-electron chi connectivity index (χ3n) is 2.81. The van der Waals surface area contributed by atoms with Gasteiger partial charge < -0.3 is 15.6 Å². The van der Waals surface area contributed by atoms with Gasteiger partial charge >= 0.3 is 0 Å². The lowest BCUT2D eigenvalue weighted by atomic mass is 10.2. The third-order valence-corrected chi connectivity index (χ3v) is 2.81. The van der Waals surface area contributed by atoms with Gasteiger partial charge in [0.05, 0.1) is 18.4 Å². The van der Waals surface area contributed by atoms with E-state index in [1.807, 2.05) is 55.4 Å². The number of guanidine groups is 1. The number of nitrogens with zero attached hydrogens (tertiary/aromatic N) is 3. The first-order valence-electron chi connectivity index (χ1n) is 6.31. The van der Waals surface area contributed by atoms with Crippen molar-refractivity contribution in [1.29, 1.82) is 0 Å². The minimum Gasteiger partial charge on any atom is -0.370 e. The molecule has 1 aromatic heterocycles. The van der Waals surface area contributed by atoms with Crippen molar-refractivity contribution in [3.8, 4) is 11.3 Å². The number of hydrogen-bond acceptors (Lipinski definition) is 2. The molecule has 0 aliphatic carbocycles. The number of H-pyrrole nitrogens is 1. The summed E-state index contributed by atoms with van der Waals surface area (Å²) in [5.74, 6) is 1.40. The second-order valence-electron chi connectivity index (χ2n) is 4.30. The molecule has 0 spiro atoms. The molecule has 1 aromatic carbocycles. The normalized spacial score (nSPS) is 11.6. The molecule has 0 atom stereocenters. The van der Waals surface area contributed by atoms with Crippen LogP contribution in [0.3, 0.4) is 0 Å². The number of benzene rings is 1. The van der Waals surface area contributed by atoms with E-state index in [0.29, 0.717) is 19.0 Å². The topological polar surface area (TPSA) is 70.3 Å². The molecule has 0 saturated carbocycles. The summed E-state index contributed by atoms with van der Waals surface area (Å²) in [5, 5.41) is 0. The number of aromatic amines is 1. The maximum Gasteiger partial charge on any atom is 0.191 e. The molecule has 0 bridgehead atoms. The van der Waals surface area contributed by atoms with Crippen LogP contribution < -0.4 is 5.73 Å². The van der Waals surface area contributed by atoms with E-state index in [-0.39, 0.29) is 0 Å². The molecular weight excluding hydrogens is 238 g/mol. The van der Waals surface area contributed by atoms with Crippen molar-refractivity contribution in [2.24, 2.45) is 10.7 Å². The molecule has 1 heterocycles. The summed E-state index contributed by atoms with van der Waals surface area (Å²) < 4.78 is 0. The van der Waals surface area contributed by atoms with Crippen molar-refractivity contribution in [3.63, 3.8) is 0 Å². The fourth-order valence-electron chi connectivity index (χ4n) is 1.80. The molecule has 0 saturated heterocycles. The van der Waals surface area contributed by atoms with Crippen LogP contribution >= 0.6 is 0 Å². The summed E-state index contributed by atoms with van der Waals surface area (Å²) >= 11 is 0. The first kappa shape index (κ1) is 13.1. The van der Waals surface area contributed by atoms with Gasteiger partial charge in [0.1, 0.15) is 5.82 Å². The van der Waals surface area contributed by atoms with Crippen molar-refractivity contribution in [2.45, 2.75) is 13.5 Å². The largest absolute Gasteiger partial charge is 0.370 e. The molecular formula is C14H19N5. The highest BCUT2D eigenvalue weighted by molar-refractivity contribution is 5.77. The quantitative estimate of drug-likeness (QED) is 0.648. The highest BCUT2D eigenvalue weighted by atomic mass is 15.2.